The highest BCUT2D eigenvalue weighted by Gasteiger charge is 2.31. The number of hydrogen-bond acceptors (Lipinski definition) is 5. The highest BCUT2D eigenvalue weighted by molar-refractivity contribution is 5.70. The van der Waals surface area contributed by atoms with Gasteiger partial charge in [0.2, 0.25) is 0 Å². The second kappa shape index (κ2) is 7.22. The van der Waals surface area contributed by atoms with Crippen LogP contribution in [0.2, 0.25) is 0 Å². The number of imidazole rings is 1. The number of aromatic nitrogens is 2. The van der Waals surface area contributed by atoms with Crippen molar-refractivity contribution in [2.45, 2.75) is 6.18 Å². The van der Waals surface area contributed by atoms with Crippen LogP contribution in [-0.2, 0) is 6.18 Å². The molecule has 146 valence electrons. The van der Waals surface area contributed by atoms with Crippen molar-refractivity contribution in [3.8, 4) is 22.7 Å². The molecule has 0 saturated carbocycles. The molecular formula is C18H15F3N4O3. The Bertz CT molecular complexity index is 1030. The molecule has 0 spiro atoms. The Balaban J connectivity index is 2.06. The number of benzene rings is 2. The molecule has 0 aliphatic heterocycles. The number of alkyl halides is 3. The summed E-state index contributed by atoms with van der Waals surface area (Å²) in [5.41, 5.74) is 0.889. The number of anilines is 1. The lowest BCUT2D eigenvalue weighted by atomic mass is 10.1. The zero-order valence-corrected chi connectivity index (χ0v) is 14.8. The van der Waals surface area contributed by atoms with E-state index < -0.39 is 16.7 Å². The Hall–Kier alpha value is -3.56. The molecule has 0 aliphatic carbocycles. The first kappa shape index (κ1) is 19.2. The van der Waals surface area contributed by atoms with Crippen LogP contribution >= 0.6 is 0 Å². The van der Waals surface area contributed by atoms with Crippen molar-refractivity contribution in [1.82, 2.24) is 9.55 Å². The summed E-state index contributed by atoms with van der Waals surface area (Å²) in [6.07, 6.45) is -1.51. The Morgan fingerprint density at radius 1 is 1.21 bits per heavy atom. The highest BCUT2D eigenvalue weighted by Crippen LogP contribution is 2.37. The lowest BCUT2D eigenvalue weighted by Crippen LogP contribution is -2.05. The van der Waals surface area contributed by atoms with E-state index in [1.165, 1.54) is 31.6 Å². The maximum Gasteiger partial charge on any atom is 0.416 e. The van der Waals surface area contributed by atoms with Gasteiger partial charge in [-0.05, 0) is 24.3 Å². The number of methoxy groups -OCH3 is 1. The predicted molar refractivity (Wildman–Crippen MR) is 96.8 cm³/mol. The van der Waals surface area contributed by atoms with Gasteiger partial charge in [-0.2, -0.15) is 13.2 Å². The maximum atomic E-state index is 12.9. The number of non-ortho nitro benzene ring substituents is 1. The van der Waals surface area contributed by atoms with E-state index in [9.17, 15) is 23.3 Å². The summed E-state index contributed by atoms with van der Waals surface area (Å²) >= 11 is 0. The Morgan fingerprint density at radius 2 is 1.96 bits per heavy atom. The molecule has 0 fully saturated rings. The van der Waals surface area contributed by atoms with Gasteiger partial charge in [0.15, 0.2) is 0 Å². The molecule has 7 nitrogen and oxygen atoms in total. The monoisotopic (exact) mass is 392 g/mol. The molecule has 3 aromatic rings. The normalized spacial score (nSPS) is 11.3. The first-order chi connectivity index (χ1) is 13.2. The molecule has 0 radical (unpaired) electrons. The lowest BCUT2D eigenvalue weighted by Gasteiger charge is -2.11. The Kier molecular flexibility index (Phi) is 4.95. The molecule has 0 bridgehead atoms. The van der Waals surface area contributed by atoms with Gasteiger partial charge >= 0.3 is 6.18 Å². The van der Waals surface area contributed by atoms with Gasteiger partial charge in [-0.15, -0.1) is 0 Å². The number of nitro groups is 1. The fourth-order valence-corrected chi connectivity index (χ4v) is 2.73. The van der Waals surface area contributed by atoms with Gasteiger partial charge in [-0.25, -0.2) is 4.98 Å². The summed E-state index contributed by atoms with van der Waals surface area (Å²) in [5.74, 6) is 0.0213. The van der Waals surface area contributed by atoms with Gasteiger partial charge in [0, 0.05) is 30.9 Å². The minimum absolute atomic E-state index is 0.0213. The van der Waals surface area contributed by atoms with E-state index in [1.807, 2.05) is 0 Å². The first-order valence-corrected chi connectivity index (χ1v) is 8.00. The van der Waals surface area contributed by atoms with Crippen LogP contribution in [0.25, 0.3) is 16.9 Å². The summed E-state index contributed by atoms with van der Waals surface area (Å²) < 4.78 is 45.4. The number of ether oxygens (including phenoxy) is 1. The maximum absolute atomic E-state index is 12.9. The number of hydrogen-bond donors (Lipinski definition) is 1. The van der Waals surface area contributed by atoms with Gasteiger partial charge in [0.05, 0.1) is 41.0 Å². The third kappa shape index (κ3) is 3.61. The van der Waals surface area contributed by atoms with Crippen molar-refractivity contribution >= 4 is 11.4 Å². The standard InChI is InChI=1S/C18H15F3N4O3/c1-22-14-6-4-12(25(26)27)8-16(14)24-9-15(23-10-24)13-5-3-11(18(19,20)21)7-17(13)28-2/h3-10,22H,1-2H3. The summed E-state index contributed by atoms with van der Waals surface area (Å²) in [7, 11) is 2.94. The van der Waals surface area contributed by atoms with Crippen molar-refractivity contribution in [3.05, 3.63) is 64.6 Å². The molecule has 10 heteroatoms. The van der Waals surface area contributed by atoms with E-state index in [-0.39, 0.29) is 11.4 Å². The molecule has 1 heterocycles. The van der Waals surface area contributed by atoms with Crippen LogP contribution in [-0.4, -0.2) is 28.6 Å². The van der Waals surface area contributed by atoms with Crippen molar-refractivity contribution in [2.75, 3.05) is 19.5 Å². The van der Waals surface area contributed by atoms with Crippen LogP contribution in [0.15, 0.2) is 48.9 Å². The predicted octanol–water partition coefficient (Wildman–Crippen LogP) is 4.52. The SMILES string of the molecule is CNc1ccc([N+](=O)[O-])cc1-n1cnc(-c2ccc(C(F)(F)F)cc2OC)c1. The number of nitrogens with zero attached hydrogens (tertiary/aromatic N) is 3. The van der Waals surface area contributed by atoms with E-state index in [0.717, 1.165) is 12.1 Å². The number of nitro benzene ring substituents is 1. The zero-order valence-electron chi connectivity index (χ0n) is 14.8. The minimum atomic E-state index is -4.49. The van der Waals surface area contributed by atoms with Gasteiger partial charge in [0.1, 0.15) is 5.75 Å². The molecule has 0 saturated heterocycles. The second-order valence-electron chi connectivity index (χ2n) is 5.79. The van der Waals surface area contributed by atoms with E-state index in [4.69, 9.17) is 4.74 Å². The highest BCUT2D eigenvalue weighted by atomic mass is 19.4. The van der Waals surface area contributed by atoms with E-state index in [0.29, 0.717) is 22.6 Å². The average molecular weight is 392 g/mol. The summed E-state index contributed by atoms with van der Waals surface area (Å²) in [5, 5.41) is 14.0. The van der Waals surface area contributed by atoms with E-state index in [2.05, 4.69) is 10.3 Å². The van der Waals surface area contributed by atoms with Gasteiger partial charge < -0.3 is 14.6 Å². The van der Waals surface area contributed by atoms with Crippen molar-refractivity contribution in [2.24, 2.45) is 0 Å². The van der Waals surface area contributed by atoms with E-state index >= 15 is 0 Å². The molecule has 0 unspecified atom stereocenters. The molecule has 1 N–H and O–H groups in total. The van der Waals surface area contributed by atoms with Crippen LogP contribution in [0.3, 0.4) is 0 Å². The lowest BCUT2D eigenvalue weighted by molar-refractivity contribution is -0.384. The van der Waals surface area contributed by atoms with Crippen molar-refractivity contribution in [1.29, 1.82) is 0 Å². The molecule has 1 aromatic heterocycles. The molecule has 2 aromatic carbocycles. The van der Waals surface area contributed by atoms with Crippen LogP contribution in [0.1, 0.15) is 5.56 Å². The molecule has 0 aliphatic rings. The second-order valence-corrected chi connectivity index (χ2v) is 5.79. The van der Waals surface area contributed by atoms with Crippen LogP contribution < -0.4 is 10.1 Å². The van der Waals surface area contributed by atoms with Crippen molar-refractivity contribution in [3.63, 3.8) is 0 Å². The first-order valence-electron chi connectivity index (χ1n) is 8.00. The van der Waals surface area contributed by atoms with Crippen molar-refractivity contribution < 1.29 is 22.8 Å². The largest absolute Gasteiger partial charge is 0.496 e. The molecule has 3 rings (SSSR count). The summed E-state index contributed by atoms with van der Waals surface area (Å²) in [6.45, 7) is 0. The molecule has 28 heavy (non-hydrogen) atoms. The quantitative estimate of drug-likeness (QED) is 0.510. The zero-order chi connectivity index (χ0) is 20.5. The fourth-order valence-electron chi connectivity index (χ4n) is 2.73. The summed E-state index contributed by atoms with van der Waals surface area (Å²) in [4.78, 5) is 14.8. The van der Waals surface area contributed by atoms with Crippen LogP contribution in [0.4, 0.5) is 24.5 Å². The topological polar surface area (TPSA) is 82.2 Å². The minimum Gasteiger partial charge on any atom is -0.496 e. The van der Waals surface area contributed by atoms with Gasteiger partial charge in [0.25, 0.3) is 5.69 Å². The third-order valence-corrected chi connectivity index (χ3v) is 4.13. The number of rotatable bonds is 5. The third-order valence-electron chi connectivity index (χ3n) is 4.13. The van der Waals surface area contributed by atoms with Gasteiger partial charge in [-0.3, -0.25) is 10.1 Å². The Labute approximate surface area is 157 Å². The average Bonchev–Trinajstić information content (AvgIpc) is 3.15. The molecular weight excluding hydrogens is 377 g/mol. The van der Waals surface area contributed by atoms with E-state index in [1.54, 1.807) is 23.9 Å². The Morgan fingerprint density at radius 3 is 2.57 bits per heavy atom. The molecule has 0 amide bonds. The smallest absolute Gasteiger partial charge is 0.416 e. The fraction of sp³-hybridized carbons (Fsp3) is 0.167. The number of halogens is 3. The number of nitrogens with one attached hydrogen (secondary N) is 1. The van der Waals surface area contributed by atoms with Crippen LogP contribution in [0.5, 0.6) is 5.75 Å². The molecule has 0 atom stereocenters. The van der Waals surface area contributed by atoms with Crippen LogP contribution in [0, 0.1) is 10.1 Å². The summed E-state index contributed by atoms with van der Waals surface area (Å²) in [6, 6.07) is 7.43. The van der Waals surface area contributed by atoms with Gasteiger partial charge in [-0.1, -0.05) is 0 Å².